The zero-order chi connectivity index (χ0) is 21.1. The maximum Gasteiger partial charge on any atom is 0.309 e. The van der Waals surface area contributed by atoms with E-state index in [-0.39, 0.29) is 36.5 Å². The number of esters is 1. The van der Waals surface area contributed by atoms with Crippen LogP contribution in [0.2, 0.25) is 5.02 Å². The molecule has 2 heterocycles. The average Bonchev–Trinajstić information content (AvgIpc) is 2.77. The summed E-state index contributed by atoms with van der Waals surface area (Å²) in [6.45, 7) is 1.50. The zero-order valence-corrected chi connectivity index (χ0v) is 17.8. The zero-order valence-electron chi connectivity index (χ0n) is 16.3. The van der Waals surface area contributed by atoms with Crippen molar-refractivity contribution in [3.8, 4) is 11.5 Å². The Balaban J connectivity index is 1.35. The summed E-state index contributed by atoms with van der Waals surface area (Å²) < 4.78 is 43.7. The van der Waals surface area contributed by atoms with E-state index in [0.29, 0.717) is 42.6 Å². The van der Waals surface area contributed by atoms with Crippen LogP contribution in [0, 0.1) is 5.92 Å². The van der Waals surface area contributed by atoms with E-state index in [1.807, 2.05) is 6.07 Å². The number of rotatable bonds is 5. The number of carbonyl (C=O) groups excluding carboxylic acids is 1. The highest BCUT2D eigenvalue weighted by Gasteiger charge is 2.33. The van der Waals surface area contributed by atoms with Gasteiger partial charge >= 0.3 is 5.97 Å². The predicted molar refractivity (Wildman–Crippen MR) is 110 cm³/mol. The molecule has 0 radical (unpaired) electrons. The summed E-state index contributed by atoms with van der Waals surface area (Å²) in [6.07, 6.45) is 0.830. The van der Waals surface area contributed by atoms with Gasteiger partial charge in [0, 0.05) is 24.2 Å². The van der Waals surface area contributed by atoms with Crippen LogP contribution in [-0.2, 0) is 26.2 Å². The highest BCUT2D eigenvalue weighted by molar-refractivity contribution is 7.89. The normalized spacial score (nSPS) is 17.5. The Kier molecular flexibility index (Phi) is 6.17. The standard InChI is InChI=1S/C21H22ClNO6S/c22-17-3-1-2-15(12-17)14-29-21(24)16-6-8-23(9-7-16)30(25,26)18-4-5-19-20(13-18)28-11-10-27-19/h1-5,12-13,16H,6-11,14H2. The number of carbonyl (C=O) groups is 1. The molecule has 0 aromatic heterocycles. The monoisotopic (exact) mass is 451 g/mol. The van der Waals surface area contributed by atoms with Gasteiger partial charge in [0.2, 0.25) is 10.0 Å². The summed E-state index contributed by atoms with van der Waals surface area (Å²) in [5, 5.41) is 0.584. The third-order valence-corrected chi connectivity index (χ3v) is 7.34. The minimum absolute atomic E-state index is 0.148. The van der Waals surface area contributed by atoms with Gasteiger partial charge < -0.3 is 14.2 Å². The van der Waals surface area contributed by atoms with Crippen LogP contribution in [0.15, 0.2) is 47.4 Å². The molecule has 0 atom stereocenters. The van der Waals surface area contributed by atoms with E-state index in [2.05, 4.69) is 0 Å². The number of piperidine rings is 1. The van der Waals surface area contributed by atoms with Gasteiger partial charge in [-0.25, -0.2) is 8.42 Å². The first-order valence-corrected chi connectivity index (χ1v) is 11.6. The van der Waals surface area contributed by atoms with E-state index >= 15 is 0 Å². The molecule has 2 aliphatic rings. The van der Waals surface area contributed by atoms with Crippen molar-refractivity contribution in [2.24, 2.45) is 5.92 Å². The fourth-order valence-corrected chi connectivity index (χ4v) is 5.26. The van der Waals surface area contributed by atoms with E-state index < -0.39 is 10.0 Å². The van der Waals surface area contributed by atoms with Gasteiger partial charge in [0.25, 0.3) is 0 Å². The van der Waals surface area contributed by atoms with Crippen molar-refractivity contribution < 1.29 is 27.4 Å². The van der Waals surface area contributed by atoms with Crippen LogP contribution in [-0.4, -0.2) is 45.0 Å². The van der Waals surface area contributed by atoms with Crippen LogP contribution in [0.4, 0.5) is 0 Å². The summed E-state index contributed by atoms with van der Waals surface area (Å²) >= 11 is 5.94. The Labute approximate surface area is 180 Å². The van der Waals surface area contributed by atoms with E-state index in [9.17, 15) is 13.2 Å². The lowest BCUT2D eigenvalue weighted by Gasteiger charge is -2.30. The molecule has 0 saturated carbocycles. The quantitative estimate of drug-likeness (QED) is 0.649. The van der Waals surface area contributed by atoms with Crippen LogP contribution >= 0.6 is 11.6 Å². The number of benzene rings is 2. The summed E-state index contributed by atoms with van der Waals surface area (Å²) in [6, 6.07) is 11.8. The number of halogens is 1. The van der Waals surface area contributed by atoms with E-state index in [0.717, 1.165) is 5.56 Å². The lowest BCUT2D eigenvalue weighted by molar-refractivity contribution is -0.151. The minimum atomic E-state index is -3.67. The van der Waals surface area contributed by atoms with Crippen LogP contribution in [0.3, 0.4) is 0 Å². The molecule has 7 nitrogen and oxygen atoms in total. The van der Waals surface area contributed by atoms with Crippen molar-refractivity contribution in [2.75, 3.05) is 26.3 Å². The molecule has 4 rings (SSSR count). The number of ether oxygens (including phenoxy) is 3. The average molecular weight is 452 g/mol. The van der Waals surface area contributed by atoms with Gasteiger partial charge in [-0.2, -0.15) is 4.31 Å². The fourth-order valence-electron chi connectivity index (χ4n) is 3.56. The van der Waals surface area contributed by atoms with Crippen molar-refractivity contribution in [3.63, 3.8) is 0 Å². The highest BCUT2D eigenvalue weighted by Crippen LogP contribution is 2.34. The number of nitrogens with zero attached hydrogens (tertiary/aromatic N) is 1. The molecule has 1 fully saturated rings. The Morgan fingerprint density at radius 3 is 2.53 bits per heavy atom. The first kappa shape index (κ1) is 21.0. The summed E-state index contributed by atoms with van der Waals surface area (Å²) in [4.78, 5) is 12.6. The molecular weight excluding hydrogens is 430 g/mol. The van der Waals surface area contributed by atoms with Crippen LogP contribution < -0.4 is 9.47 Å². The van der Waals surface area contributed by atoms with Crippen molar-refractivity contribution in [1.29, 1.82) is 0 Å². The molecule has 1 saturated heterocycles. The maximum absolute atomic E-state index is 13.0. The van der Waals surface area contributed by atoms with Crippen molar-refractivity contribution >= 4 is 27.6 Å². The molecule has 9 heteroatoms. The molecule has 0 aliphatic carbocycles. The number of hydrogen-bond acceptors (Lipinski definition) is 6. The van der Waals surface area contributed by atoms with Crippen LogP contribution in [0.25, 0.3) is 0 Å². The molecule has 2 aliphatic heterocycles. The third-order valence-electron chi connectivity index (χ3n) is 5.21. The molecule has 0 unspecified atom stereocenters. The highest BCUT2D eigenvalue weighted by atomic mass is 35.5. The lowest BCUT2D eigenvalue weighted by Crippen LogP contribution is -2.40. The smallest absolute Gasteiger partial charge is 0.309 e. The molecule has 0 bridgehead atoms. The first-order chi connectivity index (χ1) is 14.4. The molecule has 160 valence electrons. The lowest BCUT2D eigenvalue weighted by atomic mass is 9.98. The Morgan fingerprint density at radius 1 is 1.07 bits per heavy atom. The predicted octanol–water partition coefficient (Wildman–Crippen LogP) is 3.26. The summed E-state index contributed by atoms with van der Waals surface area (Å²) in [5.74, 6) is 0.338. The van der Waals surface area contributed by atoms with Gasteiger partial charge in [-0.05, 0) is 42.7 Å². The van der Waals surface area contributed by atoms with Crippen LogP contribution in [0.1, 0.15) is 18.4 Å². The molecular formula is C21H22ClNO6S. The van der Waals surface area contributed by atoms with Crippen molar-refractivity contribution in [3.05, 3.63) is 53.1 Å². The molecule has 30 heavy (non-hydrogen) atoms. The number of hydrogen-bond donors (Lipinski definition) is 0. The van der Waals surface area contributed by atoms with Gasteiger partial charge in [0.1, 0.15) is 19.8 Å². The second-order valence-corrected chi connectivity index (χ2v) is 9.60. The largest absolute Gasteiger partial charge is 0.486 e. The molecule has 0 N–H and O–H groups in total. The second kappa shape index (κ2) is 8.83. The van der Waals surface area contributed by atoms with Crippen molar-refractivity contribution in [1.82, 2.24) is 4.31 Å². The van der Waals surface area contributed by atoms with Gasteiger partial charge in [0.05, 0.1) is 10.8 Å². The van der Waals surface area contributed by atoms with Crippen LogP contribution in [0.5, 0.6) is 11.5 Å². The minimum Gasteiger partial charge on any atom is -0.486 e. The molecule has 0 spiro atoms. The summed E-state index contributed by atoms with van der Waals surface area (Å²) in [7, 11) is -3.67. The SMILES string of the molecule is O=C(OCc1cccc(Cl)c1)C1CCN(S(=O)(=O)c2ccc3c(c2)OCCO3)CC1. The Bertz CT molecular complexity index is 1030. The molecule has 2 aromatic rings. The van der Waals surface area contributed by atoms with E-state index in [1.54, 1.807) is 24.3 Å². The van der Waals surface area contributed by atoms with Crippen molar-refractivity contribution in [2.45, 2.75) is 24.3 Å². The van der Waals surface area contributed by atoms with Gasteiger partial charge in [-0.1, -0.05) is 23.7 Å². The third kappa shape index (κ3) is 4.55. The Morgan fingerprint density at radius 2 is 1.80 bits per heavy atom. The Hall–Kier alpha value is -2.29. The molecule has 0 amide bonds. The first-order valence-electron chi connectivity index (χ1n) is 9.74. The topological polar surface area (TPSA) is 82.1 Å². The second-order valence-electron chi connectivity index (χ2n) is 7.22. The fraction of sp³-hybridized carbons (Fsp3) is 0.381. The van der Waals surface area contributed by atoms with Gasteiger partial charge in [0.15, 0.2) is 11.5 Å². The summed E-state index contributed by atoms with van der Waals surface area (Å²) in [5.41, 5.74) is 0.814. The number of fused-ring (bicyclic) bond motifs is 1. The van der Waals surface area contributed by atoms with Gasteiger partial charge in [-0.3, -0.25) is 4.79 Å². The van der Waals surface area contributed by atoms with E-state index in [4.69, 9.17) is 25.8 Å². The van der Waals surface area contributed by atoms with Gasteiger partial charge in [-0.15, -0.1) is 0 Å². The maximum atomic E-state index is 13.0. The number of sulfonamides is 1. The van der Waals surface area contributed by atoms with E-state index in [1.165, 1.54) is 16.4 Å². The molecule has 2 aromatic carbocycles.